The molecule has 0 radical (unpaired) electrons. The summed E-state index contributed by atoms with van der Waals surface area (Å²) >= 11 is 0. The van der Waals surface area contributed by atoms with Gasteiger partial charge in [-0.2, -0.15) is 0 Å². The maximum absolute atomic E-state index is 13.0. The molecule has 2 atom stereocenters. The molecule has 0 saturated heterocycles. The van der Waals surface area contributed by atoms with E-state index in [1.807, 2.05) is 4.57 Å². The zero-order chi connectivity index (χ0) is 19.6. The van der Waals surface area contributed by atoms with Crippen LogP contribution in [0.1, 0.15) is 44.6 Å². The van der Waals surface area contributed by atoms with E-state index in [4.69, 9.17) is 4.84 Å². The number of ketones is 1. The van der Waals surface area contributed by atoms with Crippen LogP contribution in [0.5, 0.6) is 0 Å². The fourth-order valence-corrected chi connectivity index (χ4v) is 4.03. The number of Topliss-reactive ketones (excluding diaryl/α,β-unsaturated/α-hetero) is 1. The number of nitrogens with zero attached hydrogens (tertiary/aromatic N) is 5. The third-order valence-electron chi connectivity index (χ3n) is 5.36. The van der Waals surface area contributed by atoms with Crippen LogP contribution >= 0.6 is 0 Å². The van der Waals surface area contributed by atoms with Crippen LogP contribution in [0.25, 0.3) is 11.2 Å². The van der Waals surface area contributed by atoms with E-state index in [2.05, 4.69) is 20.0 Å². The Bertz CT molecular complexity index is 1180. The van der Waals surface area contributed by atoms with Crippen LogP contribution in [0.4, 0.5) is 0 Å². The Morgan fingerprint density at radius 1 is 1.29 bits per heavy atom. The molecule has 10 heteroatoms. The first-order valence-corrected chi connectivity index (χ1v) is 8.76. The standard InChI is InChI=1S/C18H15N5O5/c1-8-13(15(24)18(26)27-2)12-7-9-6-11(9)22(12)14(8)17(25)28-23-16-10(20-21-23)4-3-5-19-16/h3-5,9,11H,6-7H2,1-2H3. The molecule has 2 aliphatic rings. The Hall–Kier alpha value is -3.56. The van der Waals surface area contributed by atoms with E-state index >= 15 is 0 Å². The van der Waals surface area contributed by atoms with Gasteiger partial charge in [-0.1, -0.05) is 0 Å². The largest absolute Gasteiger partial charge is 0.463 e. The molecule has 142 valence electrons. The highest BCUT2D eigenvalue weighted by Crippen LogP contribution is 2.54. The van der Waals surface area contributed by atoms with Gasteiger partial charge in [-0.15, -0.1) is 5.10 Å². The molecule has 5 rings (SSSR count). The highest BCUT2D eigenvalue weighted by atomic mass is 16.7. The van der Waals surface area contributed by atoms with Crippen molar-refractivity contribution in [1.29, 1.82) is 0 Å². The summed E-state index contributed by atoms with van der Waals surface area (Å²) in [5.41, 5.74) is 2.34. The summed E-state index contributed by atoms with van der Waals surface area (Å²) in [7, 11) is 1.15. The molecule has 0 N–H and O–H groups in total. The number of hydrogen-bond donors (Lipinski definition) is 0. The van der Waals surface area contributed by atoms with Crippen molar-refractivity contribution in [2.24, 2.45) is 5.92 Å². The van der Waals surface area contributed by atoms with Gasteiger partial charge in [0, 0.05) is 17.9 Å². The van der Waals surface area contributed by atoms with Gasteiger partial charge in [0.15, 0.2) is 0 Å². The summed E-state index contributed by atoms with van der Waals surface area (Å²) in [5, 5.41) is 7.71. The van der Waals surface area contributed by atoms with Crippen molar-refractivity contribution in [2.75, 3.05) is 7.11 Å². The SMILES string of the molecule is COC(=O)C(=O)c1c(C)c(C(=O)On2nnc3cccnc32)n2c1CC1CC12. The Kier molecular flexibility index (Phi) is 3.39. The van der Waals surface area contributed by atoms with Gasteiger partial charge in [0.05, 0.1) is 12.7 Å². The van der Waals surface area contributed by atoms with E-state index < -0.39 is 17.7 Å². The monoisotopic (exact) mass is 381 g/mol. The van der Waals surface area contributed by atoms with Crippen LogP contribution in [0.2, 0.25) is 0 Å². The number of carbonyl (C=O) groups excluding carboxylic acids is 3. The van der Waals surface area contributed by atoms with Crippen molar-refractivity contribution in [3.63, 3.8) is 0 Å². The highest BCUT2D eigenvalue weighted by Gasteiger charge is 2.50. The molecule has 3 aromatic rings. The zero-order valence-electron chi connectivity index (χ0n) is 15.1. The van der Waals surface area contributed by atoms with E-state index in [1.165, 1.54) is 6.20 Å². The maximum atomic E-state index is 13.0. The van der Waals surface area contributed by atoms with Crippen molar-refractivity contribution >= 4 is 28.9 Å². The summed E-state index contributed by atoms with van der Waals surface area (Å²) in [4.78, 5) is 47.8. The highest BCUT2D eigenvalue weighted by molar-refractivity contribution is 6.41. The van der Waals surface area contributed by atoms with Crippen LogP contribution < -0.4 is 4.84 Å². The number of rotatable bonds is 4. The molecular weight excluding hydrogens is 366 g/mol. The second-order valence-electron chi connectivity index (χ2n) is 6.94. The Morgan fingerprint density at radius 3 is 2.89 bits per heavy atom. The summed E-state index contributed by atoms with van der Waals surface area (Å²) in [6.45, 7) is 1.63. The number of esters is 1. The summed E-state index contributed by atoms with van der Waals surface area (Å²) in [5.74, 6) is -2.02. The molecule has 2 unspecified atom stereocenters. The van der Waals surface area contributed by atoms with Gasteiger partial charge in [0.1, 0.15) is 11.2 Å². The van der Waals surface area contributed by atoms with E-state index in [-0.39, 0.29) is 17.3 Å². The second-order valence-corrected chi connectivity index (χ2v) is 6.94. The molecule has 3 aromatic heterocycles. The van der Waals surface area contributed by atoms with E-state index in [0.29, 0.717) is 34.8 Å². The third-order valence-corrected chi connectivity index (χ3v) is 5.36. The lowest BCUT2D eigenvalue weighted by Gasteiger charge is -2.08. The van der Waals surface area contributed by atoms with Gasteiger partial charge in [-0.3, -0.25) is 4.79 Å². The normalized spacial score (nSPS) is 19.2. The molecule has 0 bridgehead atoms. The van der Waals surface area contributed by atoms with E-state index in [9.17, 15) is 14.4 Å². The van der Waals surface area contributed by atoms with E-state index in [0.717, 1.165) is 18.4 Å². The van der Waals surface area contributed by atoms with Gasteiger partial charge >= 0.3 is 11.9 Å². The van der Waals surface area contributed by atoms with Gasteiger partial charge < -0.3 is 14.1 Å². The minimum absolute atomic E-state index is 0.140. The topological polar surface area (TPSA) is 118 Å². The first-order chi connectivity index (χ1) is 13.5. The first kappa shape index (κ1) is 16.6. The smallest absolute Gasteiger partial charge is 0.382 e. The quantitative estimate of drug-likeness (QED) is 0.280. The second kappa shape index (κ2) is 5.72. The van der Waals surface area contributed by atoms with Crippen LogP contribution in [-0.4, -0.2) is 49.5 Å². The third kappa shape index (κ3) is 2.20. The molecule has 10 nitrogen and oxygen atoms in total. The molecule has 28 heavy (non-hydrogen) atoms. The molecular formula is C18H15N5O5. The van der Waals surface area contributed by atoms with Gasteiger partial charge in [-0.25, -0.2) is 14.6 Å². The molecule has 4 heterocycles. The number of methoxy groups -OCH3 is 1. The van der Waals surface area contributed by atoms with Crippen LogP contribution in [0, 0.1) is 12.8 Å². The Morgan fingerprint density at radius 2 is 2.11 bits per heavy atom. The predicted molar refractivity (Wildman–Crippen MR) is 92.6 cm³/mol. The average molecular weight is 381 g/mol. The molecule has 1 fully saturated rings. The maximum Gasteiger partial charge on any atom is 0.382 e. The van der Waals surface area contributed by atoms with Crippen molar-refractivity contribution < 1.29 is 24.0 Å². The van der Waals surface area contributed by atoms with Gasteiger partial charge in [0.25, 0.3) is 5.78 Å². The number of fused-ring (bicyclic) bond motifs is 4. The molecule has 1 aliphatic heterocycles. The first-order valence-electron chi connectivity index (χ1n) is 8.76. The Labute approximate surface area is 158 Å². The van der Waals surface area contributed by atoms with Crippen LogP contribution in [-0.2, 0) is 16.0 Å². The van der Waals surface area contributed by atoms with Crippen molar-refractivity contribution in [3.8, 4) is 0 Å². The molecule has 1 aliphatic carbocycles. The fourth-order valence-electron chi connectivity index (χ4n) is 4.03. The van der Waals surface area contributed by atoms with Crippen molar-refractivity contribution in [3.05, 3.63) is 40.8 Å². The van der Waals surface area contributed by atoms with E-state index in [1.54, 1.807) is 19.1 Å². The van der Waals surface area contributed by atoms with Crippen molar-refractivity contribution in [2.45, 2.75) is 25.8 Å². The summed E-state index contributed by atoms with van der Waals surface area (Å²) in [6.07, 6.45) is 3.11. The molecule has 0 aromatic carbocycles. The number of pyridine rings is 1. The fraction of sp³-hybridized carbons (Fsp3) is 0.333. The lowest BCUT2D eigenvalue weighted by atomic mass is 10.0. The van der Waals surface area contributed by atoms with Crippen LogP contribution in [0.15, 0.2) is 18.3 Å². The molecule has 0 spiro atoms. The number of ether oxygens (including phenoxy) is 1. The number of aromatic nitrogens is 5. The molecule has 1 saturated carbocycles. The summed E-state index contributed by atoms with van der Waals surface area (Å²) in [6, 6.07) is 3.54. The number of hydrogen-bond acceptors (Lipinski definition) is 8. The lowest BCUT2D eigenvalue weighted by molar-refractivity contribution is -0.135. The van der Waals surface area contributed by atoms with Crippen LogP contribution in [0.3, 0.4) is 0 Å². The molecule has 0 amide bonds. The Balaban J connectivity index is 1.57. The minimum atomic E-state index is -0.955. The predicted octanol–water partition coefficient (Wildman–Crippen LogP) is 0.678. The zero-order valence-corrected chi connectivity index (χ0v) is 15.1. The minimum Gasteiger partial charge on any atom is -0.463 e. The number of carbonyl (C=O) groups is 3. The average Bonchev–Trinajstić information content (AvgIpc) is 3.04. The van der Waals surface area contributed by atoms with Crippen molar-refractivity contribution in [1.82, 2.24) is 24.7 Å². The summed E-state index contributed by atoms with van der Waals surface area (Å²) < 4.78 is 6.40. The van der Waals surface area contributed by atoms with Gasteiger partial charge in [0.2, 0.25) is 5.65 Å². The lowest BCUT2D eigenvalue weighted by Crippen LogP contribution is -2.24. The van der Waals surface area contributed by atoms with Gasteiger partial charge in [-0.05, 0) is 53.4 Å².